The van der Waals surface area contributed by atoms with Gasteiger partial charge in [-0.2, -0.15) is 5.10 Å². The number of thiazole rings is 1. The van der Waals surface area contributed by atoms with Crippen molar-refractivity contribution >= 4 is 11.3 Å². The van der Waals surface area contributed by atoms with Gasteiger partial charge in [0.1, 0.15) is 0 Å². The summed E-state index contributed by atoms with van der Waals surface area (Å²) < 4.78 is 1.74. The molecule has 0 aliphatic heterocycles. The van der Waals surface area contributed by atoms with E-state index in [9.17, 15) is 5.11 Å². The molecule has 0 fully saturated rings. The lowest BCUT2D eigenvalue weighted by atomic mass is 10.1. The van der Waals surface area contributed by atoms with Gasteiger partial charge < -0.3 is 5.11 Å². The molecule has 2 aromatic heterocycles. The lowest BCUT2D eigenvalue weighted by molar-refractivity contribution is 0.282. The van der Waals surface area contributed by atoms with Crippen LogP contribution < -0.4 is 0 Å². The van der Waals surface area contributed by atoms with Gasteiger partial charge in [-0.15, -0.1) is 11.3 Å². The Balaban J connectivity index is 1.73. The second-order valence-electron chi connectivity index (χ2n) is 5.35. The van der Waals surface area contributed by atoms with Crippen LogP contribution in [-0.2, 0) is 6.61 Å². The Morgan fingerprint density at radius 1 is 0.917 bits per heavy atom. The number of aromatic nitrogens is 3. The predicted octanol–water partition coefficient (Wildman–Crippen LogP) is 4.16. The third kappa shape index (κ3) is 2.75. The number of benzene rings is 2. The van der Waals surface area contributed by atoms with Crippen LogP contribution in [0.5, 0.6) is 0 Å². The molecule has 0 aliphatic rings. The second-order valence-corrected chi connectivity index (χ2v) is 6.19. The third-order valence-corrected chi connectivity index (χ3v) is 4.60. The summed E-state index contributed by atoms with van der Waals surface area (Å²) in [5.74, 6) is 0. The fourth-order valence-corrected chi connectivity index (χ4v) is 3.33. The summed E-state index contributed by atoms with van der Waals surface area (Å²) in [7, 11) is 0. The molecule has 0 saturated heterocycles. The van der Waals surface area contributed by atoms with Gasteiger partial charge in [0, 0.05) is 28.3 Å². The smallest absolute Gasteiger partial charge is 0.210 e. The van der Waals surface area contributed by atoms with Gasteiger partial charge in [-0.05, 0) is 0 Å². The van der Waals surface area contributed by atoms with Crippen molar-refractivity contribution in [3.05, 3.63) is 77.8 Å². The lowest BCUT2D eigenvalue weighted by Crippen LogP contribution is -1.94. The average molecular weight is 333 g/mol. The Morgan fingerprint density at radius 3 is 2.25 bits per heavy atom. The first-order valence-corrected chi connectivity index (χ1v) is 8.49. The van der Waals surface area contributed by atoms with Crippen molar-refractivity contribution in [3.63, 3.8) is 0 Å². The van der Waals surface area contributed by atoms with Gasteiger partial charge in [0.2, 0.25) is 5.13 Å². The van der Waals surface area contributed by atoms with Crippen LogP contribution in [0.4, 0.5) is 0 Å². The van der Waals surface area contributed by atoms with E-state index in [0.29, 0.717) is 0 Å². The molecule has 4 rings (SSSR count). The fourth-order valence-electron chi connectivity index (χ4n) is 2.57. The third-order valence-electron chi connectivity index (χ3n) is 3.77. The van der Waals surface area contributed by atoms with Gasteiger partial charge in [-0.1, -0.05) is 60.7 Å². The van der Waals surface area contributed by atoms with Gasteiger partial charge in [0.15, 0.2) is 0 Å². The molecule has 0 radical (unpaired) electrons. The SMILES string of the molecule is OCc1cn(-c2nc(-c3ccccc3)cs2)nc1-c1ccccc1. The maximum absolute atomic E-state index is 9.65. The largest absolute Gasteiger partial charge is 0.392 e. The quantitative estimate of drug-likeness (QED) is 0.610. The van der Waals surface area contributed by atoms with Crippen molar-refractivity contribution in [2.24, 2.45) is 0 Å². The van der Waals surface area contributed by atoms with E-state index in [1.807, 2.05) is 72.2 Å². The Bertz CT molecular complexity index is 945. The monoisotopic (exact) mass is 333 g/mol. The standard InChI is InChI=1S/C19H15N3OS/c23-12-16-11-22(21-18(16)15-9-5-2-6-10-15)19-20-17(13-24-19)14-7-3-1-4-8-14/h1-11,13,23H,12H2. The zero-order valence-corrected chi connectivity index (χ0v) is 13.6. The number of aliphatic hydroxyl groups is 1. The molecular weight excluding hydrogens is 318 g/mol. The lowest BCUT2D eigenvalue weighted by Gasteiger charge is -1.98. The highest BCUT2D eigenvalue weighted by atomic mass is 32.1. The van der Waals surface area contributed by atoms with Crippen LogP contribution in [0.15, 0.2) is 72.2 Å². The van der Waals surface area contributed by atoms with Gasteiger partial charge >= 0.3 is 0 Å². The molecule has 0 bridgehead atoms. The highest BCUT2D eigenvalue weighted by Gasteiger charge is 2.13. The van der Waals surface area contributed by atoms with Gasteiger partial charge in [0.25, 0.3) is 0 Å². The molecule has 5 heteroatoms. The number of hydrogen-bond donors (Lipinski definition) is 1. The van der Waals surface area contributed by atoms with Gasteiger partial charge in [-0.3, -0.25) is 0 Å². The molecule has 118 valence electrons. The molecule has 4 aromatic rings. The van der Waals surface area contributed by atoms with E-state index in [1.54, 1.807) is 4.68 Å². The van der Waals surface area contributed by atoms with Crippen LogP contribution in [0.3, 0.4) is 0 Å². The average Bonchev–Trinajstić information content (AvgIpc) is 3.30. The van der Waals surface area contributed by atoms with Crippen molar-refractivity contribution < 1.29 is 5.11 Å². The predicted molar refractivity (Wildman–Crippen MR) is 96.0 cm³/mol. The van der Waals surface area contributed by atoms with Crippen LogP contribution in [0.1, 0.15) is 5.56 Å². The van der Waals surface area contributed by atoms with Gasteiger partial charge in [0.05, 0.1) is 18.0 Å². The van der Waals surface area contributed by atoms with E-state index in [0.717, 1.165) is 33.2 Å². The molecule has 0 atom stereocenters. The molecule has 0 spiro atoms. The molecule has 1 N–H and O–H groups in total. The Kier molecular flexibility index (Phi) is 3.94. The summed E-state index contributed by atoms with van der Waals surface area (Å²) in [6.45, 7) is -0.0544. The van der Waals surface area contributed by atoms with Crippen molar-refractivity contribution in [1.82, 2.24) is 14.8 Å². The van der Waals surface area contributed by atoms with E-state index in [4.69, 9.17) is 0 Å². The number of aliphatic hydroxyl groups excluding tert-OH is 1. The molecule has 0 amide bonds. The van der Waals surface area contributed by atoms with Crippen LogP contribution in [0.2, 0.25) is 0 Å². The van der Waals surface area contributed by atoms with Crippen LogP contribution in [-0.4, -0.2) is 19.9 Å². The number of rotatable bonds is 4. The highest BCUT2D eigenvalue weighted by molar-refractivity contribution is 7.12. The van der Waals surface area contributed by atoms with Crippen LogP contribution in [0, 0.1) is 0 Å². The first-order valence-electron chi connectivity index (χ1n) is 7.61. The van der Waals surface area contributed by atoms with Crippen LogP contribution in [0.25, 0.3) is 27.6 Å². The summed E-state index contributed by atoms with van der Waals surface area (Å²) in [6, 6.07) is 19.9. The molecule has 24 heavy (non-hydrogen) atoms. The molecule has 0 saturated carbocycles. The van der Waals surface area contributed by atoms with Crippen molar-refractivity contribution in [2.75, 3.05) is 0 Å². The van der Waals surface area contributed by atoms with Gasteiger partial charge in [-0.25, -0.2) is 9.67 Å². The number of nitrogens with zero attached hydrogens (tertiary/aromatic N) is 3. The van der Waals surface area contributed by atoms with E-state index >= 15 is 0 Å². The Hall–Kier alpha value is -2.76. The summed E-state index contributed by atoms with van der Waals surface area (Å²) in [5, 5.41) is 17.1. The molecule has 0 aliphatic carbocycles. The summed E-state index contributed by atoms with van der Waals surface area (Å²) in [5.41, 5.74) is 4.57. The molecular formula is C19H15N3OS. The van der Waals surface area contributed by atoms with E-state index < -0.39 is 0 Å². The molecule has 4 nitrogen and oxygen atoms in total. The molecule has 2 aromatic carbocycles. The molecule has 0 unspecified atom stereocenters. The first-order chi connectivity index (χ1) is 11.8. The minimum Gasteiger partial charge on any atom is -0.392 e. The summed E-state index contributed by atoms with van der Waals surface area (Å²) >= 11 is 1.53. The highest BCUT2D eigenvalue weighted by Crippen LogP contribution is 2.27. The minimum atomic E-state index is -0.0544. The Labute approximate surface area is 143 Å². The summed E-state index contributed by atoms with van der Waals surface area (Å²) in [6.07, 6.45) is 1.84. The maximum Gasteiger partial charge on any atom is 0.210 e. The second kappa shape index (κ2) is 6.39. The van der Waals surface area contributed by atoms with E-state index in [-0.39, 0.29) is 6.61 Å². The Morgan fingerprint density at radius 2 is 1.58 bits per heavy atom. The van der Waals surface area contributed by atoms with Crippen molar-refractivity contribution in [2.45, 2.75) is 6.61 Å². The maximum atomic E-state index is 9.65. The van der Waals surface area contributed by atoms with Crippen LogP contribution >= 0.6 is 11.3 Å². The minimum absolute atomic E-state index is 0.0544. The fraction of sp³-hybridized carbons (Fsp3) is 0.0526. The first kappa shape index (κ1) is 14.8. The molecule has 2 heterocycles. The number of hydrogen-bond acceptors (Lipinski definition) is 4. The van der Waals surface area contributed by atoms with Crippen molar-refractivity contribution in [3.8, 4) is 27.6 Å². The van der Waals surface area contributed by atoms with Crippen molar-refractivity contribution in [1.29, 1.82) is 0 Å². The van der Waals surface area contributed by atoms with E-state index in [2.05, 4.69) is 10.1 Å². The zero-order valence-electron chi connectivity index (χ0n) is 12.8. The normalized spacial score (nSPS) is 10.9. The van der Waals surface area contributed by atoms with E-state index in [1.165, 1.54) is 11.3 Å². The summed E-state index contributed by atoms with van der Waals surface area (Å²) in [4.78, 5) is 4.67. The zero-order chi connectivity index (χ0) is 16.4. The topological polar surface area (TPSA) is 50.9 Å².